The van der Waals surface area contributed by atoms with Crippen molar-refractivity contribution < 1.29 is 14.7 Å². The number of amides is 2. The number of aliphatic hydroxyl groups is 1. The first kappa shape index (κ1) is 17.5. The predicted molar refractivity (Wildman–Crippen MR) is 88.9 cm³/mol. The first-order chi connectivity index (χ1) is 11.0. The van der Waals surface area contributed by atoms with Crippen LogP contribution in [-0.4, -0.2) is 41.0 Å². The number of carbonyl (C=O) groups is 2. The molecule has 2 amide bonds. The summed E-state index contributed by atoms with van der Waals surface area (Å²) in [5.41, 5.74) is 1.52. The third-order valence-electron chi connectivity index (χ3n) is 4.05. The Kier molecular flexibility index (Phi) is 6.16. The van der Waals surface area contributed by atoms with E-state index in [1.165, 1.54) is 0 Å². The molecule has 1 aliphatic heterocycles. The molecule has 1 aliphatic rings. The fraction of sp³-hybridized carbons (Fsp3) is 0.556. The van der Waals surface area contributed by atoms with Crippen molar-refractivity contribution in [1.82, 2.24) is 10.2 Å². The number of nitrogens with zero attached hydrogens (tertiary/aromatic N) is 1. The third-order valence-corrected chi connectivity index (χ3v) is 4.05. The fourth-order valence-electron chi connectivity index (χ4n) is 2.92. The largest absolute Gasteiger partial charge is 0.394 e. The molecule has 2 N–H and O–H groups in total. The lowest BCUT2D eigenvalue weighted by Crippen LogP contribution is -2.38. The van der Waals surface area contributed by atoms with Crippen LogP contribution < -0.4 is 5.32 Å². The van der Waals surface area contributed by atoms with Gasteiger partial charge in [0.05, 0.1) is 12.6 Å². The van der Waals surface area contributed by atoms with Gasteiger partial charge in [0.15, 0.2) is 0 Å². The topological polar surface area (TPSA) is 69.6 Å². The molecule has 1 atom stereocenters. The Morgan fingerprint density at radius 3 is 2.78 bits per heavy atom. The maximum absolute atomic E-state index is 12.3. The Hall–Kier alpha value is -1.88. The van der Waals surface area contributed by atoms with E-state index >= 15 is 0 Å². The monoisotopic (exact) mass is 318 g/mol. The van der Waals surface area contributed by atoms with E-state index in [9.17, 15) is 14.7 Å². The Balaban J connectivity index is 2.00. The van der Waals surface area contributed by atoms with Gasteiger partial charge in [0.2, 0.25) is 5.91 Å². The predicted octanol–water partition coefficient (Wildman–Crippen LogP) is 1.95. The van der Waals surface area contributed by atoms with E-state index < -0.39 is 0 Å². The highest BCUT2D eigenvalue weighted by Gasteiger charge is 2.20. The van der Waals surface area contributed by atoms with Crippen LogP contribution in [-0.2, 0) is 11.3 Å². The SMILES string of the molecule is CC(C)CC(CO)NC(=O)c1cccc(CN2CCCC2=O)c1. The molecular weight excluding hydrogens is 292 g/mol. The standard InChI is InChI=1S/C18H26N2O3/c1-13(2)9-16(12-21)19-18(23)15-6-3-5-14(10-15)11-20-8-4-7-17(20)22/h3,5-6,10,13,16,21H,4,7-9,11-12H2,1-2H3,(H,19,23). The summed E-state index contributed by atoms with van der Waals surface area (Å²) in [4.78, 5) is 25.9. The van der Waals surface area contributed by atoms with Crippen molar-refractivity contribution in [3.05, 3.63) is 35.4 Å². The minimum Gasteiger partial charge on any atom is -0.394 e. The van der Waals surface area contributed by atoms with Crippen LogP contribution >= 0.6 is 0 Å². The molecule has 0 aromatic heterocycles. The van der Waals surface area contributed by atoms with Crippen LogP contribution in [0.5, 0.6) is 0 Å². The molecule has 5 heteroatoms. The Morgan fingerprint density at radius 1 is 1.39 bits per heavy atom. The van der Waals surface area contributed by atoms with Gasteiger partial charge in [-0.1, -0.05) is 26.0 Å². The van der Waals surface area contributed by atoms with Crippen molar-refractivity contribution >= 4 is 11.8 Å². The molecule has 1 saturated heterocycles. The number of hydrogen-bond acceptors (Lipinski definition) is 3. The average molecular weight is 318 g/mol. The van der Waals surface area contributed by atoms with Crippen molar-refractivity contribution in [2.75, 3.05) is 13.2 Å². The highest BCUT2D eigenvalue weighted by Crippen LogP contribution is 2.15. The molecule has 1 heterocycles. The second-order valence-corrected chi connectivity index (χ2v) is 6.60. The molecule has 1 aromatic rings. The molecule has 5 nitrogen and oxygen atoms in total. The van der Waals surface area contributed by atoms with Gasteiger partial charge < -0.3 is 15.3 Å². The average Bonchev–Trinajstić information content (AvgIpc) is 2.91. The van der Waals surface area contributed by atoms with E-state index in [1.807, 2.05) is 23.1 Å². The summed E-state index contributed by atoms with van der Waals surface area (Å²) in [6, 6.07) is 7.12. The van der Waals surface area contributed by atoms with Crippen molar-refractivity contribution in [1.29, 1.82) is 0 Å². The van der Waals surface area contributed by atoms with E-state index in [0.29, 0.717) is 24.4 Å². The van der Waals surface area contributed by atoms with Crippen LogP contribution in [0.3, 0.4) is 0 Å². The summed E-state index contributed by atoms with van der Waals surface area (Å²) >= 11 is 0. The highest BCUT2D eigenvalue weighted by atomic mass is 16.3. The number of likely N-dealkylation sites (tertiary alicyclic amines) is 1. The Labute approximate surface area is 137 Å². The van der Waals surface area contributed by atoms with Gasteiger partial charge in [-0.05, 0) is 36.5 Å². The molecule has 0 spiro atoms. The molecule has 23 heavy (non-hydrogen) atoms. The van der Waals surface area contributed by atoms with Gasteiger partial charge in [-0.2, -0.15) is 0 Å². The first-order valence-corrected chi connectivity index (χ1v) is 8.28. The quantitative estimate of drug-likeness (QED) is 0.807. The van der Waals surface area contributed by atoms with E-state index in [-0.39, 0.29) is 24.5 Å². The van der Waals surface area contributed by atoms with Crippen molar-refractivity contribution in [3.8, 4) is 0 Å². The number of nitrogens with one attached hydrogen (secondary N) is 1. The van der Waals surface area contributed by atoms with Gasteiger partial charge in [0.25, 0.3) is 5.91 Å². The molecule has 1 fully saturated rings. The van der Waals surface area contributed by atoms with E-state index in [4.69, 9.17) is 0 Å². The zero-order valence-electron chi connectivity index (χ0n) is 13.9. The summed E-state index contributed by atoms with van der Waals surface area (Å²) in [7, 11) is 0. The van der Waals surface area contributed by atoms with Gasteiger partial charge in [-0.25, -0.2) is 0 Å². The van der Waals surface area contributed by atoms with Crippen LogP contribution in [0.1, 0.15) is 49.0 Å². The number of aliphatic hydroxyl groups excluding tert-OH is 1. The maximum Gasteiger partial charge on any atom is 0.251 e. The number of rotatable bonds is 7. The molecule has 0 radical (unpaired) electrons. The van der Waals surface area contributed by atoms with Crippen molar-refractivity contribution in [2.45, 2.75) is 45.7 Å². The maximum atomic E-state index is 12.3. The highest BCUT2D eigenvalue weighted by molar-refractivity contribution is 5.94. The Morgan fingerprint density at radius 2 is 2.17 bits per heavy atom. The molecule has 1 aromatic carbocycles. The minimum atomic E-state index is -0.230. The van der Waals surface area contributed by atoms with Crippen LogP contribution in [0.2, 0.25) is 0 Å². The summed E-state index contributed by atoms with van der Waals surface area (Å²) in [6.07, 6.45) is 2.27. The molecule has 1 unspecified atom stereocenters. The Bertz CT molecular complexity index is 557. The fourth-order valence-corrected chi connectivity index (χ4v) is 2.92. The van der Waals surface area contributed by atoms with Crippen LogP contribution in [0, 0.1) is 5.92 Å². The zero-order valence-corrected chi connectivity index (χ0v) is 13.9. The minimum absolute atomic E-state index is 0.0636. The molecule has 0 aliphatic carbocycles. The van der Waals surface area contributed by atoms with Gasteiger partial charge >= 0.3 is 0 Å². The molecule has 126 valence electrons. The van der Waals surface area contributed by atoms with E-state index in [1.54, 1.807) is 6.07 Å². The lowest BCUT2D eigenvalue weighted by atomic mass is 10.0. The lowest BCUT2D eigenvalue weighted by Gasteiger charge is -2.19. The molecule has 2 rings (SSSR count). The molecule has 0 bridgehead atoms. The summed E-state index contributed by atoms with van der Waals surface area (Å²) in [5.74, 6) is 0.399. The summed E-state index contributed by atoms with van der Waals surface area (Å²) in [5, 5.41) is 12.3. The van der Waals surface area contributed by atoms with Crippen LogP contribution in [0.25, 0.3) is 0 Å². The van der Waals surface area contributed by atoms with Gasteiger partial charge in [-0.3, -0.25) is 9.59 Å². The number of carbonyl (C=O) groups excluding carboxylic acids is 2. The molecule has 0 saturated carbocycles. The van der Waals surface area contributed by atoms with E-state index in [2.05, 4.69) is 19.2 Å². The van der Waals surface area contributed by atoms with Crippen LogP contribution in [0.4, 0.5) is 0 Å². The number of hydrogen-bond donors (Lipinski definition) is 2. The van der Waals surface area contributed by atoms with Crippen molar-refractivity contribution in [3.63, 3.8) is 0 Å². The number of benzene rings is 1. The third kappa shape index (κ3) is 5.06. The molecular formula is C18H26N2O3. The second-order valence-electron chi connectivity index (χ2n) is 6.60. The van der Waals surface area contributed by atoms with Crippen LogP contribution in [0.15, 0.2) is 24.3 Å². The summed E-state index contributed by atoms with van der Waals surface area (Å²) < 4.78 is 0. The normalized spacial score (nSPS) is 16.0. The first-order valence-electron chi connectivity index (χ1n) is 8.28. The van der Waals surface area contributed by atoms with Gasteiger partial charge in [0, 0.05) is 25.1 Å². The van der Waals surface area contributed by atoms with Gasteiger partial charge in [0.1, 0.15) is 0 Å². The second kappa shape index (κ2) is 8.11. The zero-order chi connectivity index (χ0) is 16.8. The van der Waals surface area contributed by atoms with Crippen molar-refractivity contribution in [2.24, 2.45) is 5.92 Å². The smallest absolute Gasteiger partial charge is 0.251 e. The lowest BCUT2D eigenvalue weighted by molar-refractivity contribution is -0.128. The summed E-state index contributed by atoms with van der Waals surface area (Å²) in [6.45, 7) is 5.39. The van der Waals surface area contributed by atoms with E-state index in [0.717, 1.165) is 24.9 Å². The van der Waals surface area contributed by atoms with Gasteiger partial charge in [-0.15, -0.1) is 0 Å².